The first-order valence-corrected chi connectivity index (χ1v) is 16.1. The average Bonchev–Trinajstić information content (AvgIpc) is 3.09. The molecule has 11 N–H and O–H groups in total. The minimum Gasteiger partial charge on any atom is -0.508 e. The lowest BCUT2D eigenvalue weighted by Crippen LogP contribution is -2.56. The summed E-state index contributed by atoms with van der Waals surface area (Å²) in [4.78, 5) is 57.6. The number of alkyl carbamates (subject to hydrolysis) is 1. The zero-order chi connectivity index (χ0) is 35.4. The van der Waals surface area contributed by atoms with Gasteiger partial charge in [-0.25, -0.2) is 4.79 Å². The molecule has 0 spiro atoms. The molecule has 4 amide bonds. The Morgan fingerprint density at radius 3 is 1.92 bits per heavy atom. The van der Waals surface area contributed by atoms with Crippen LogP contribution in [0.4, 0.5) is 10.5 Å². The maximum absolute atomic E-state index is 13.8. The van der Waals surface area contributed by atoms with Gasteiger partial charge in [-0.15, -0.1) is 0 Å². The molecule has 3 rings (SSSR count). The van der Waals surface area contributed by atoms with E-state index in [9.17, 15) is 24.3 Å². The van der Waals surface area contributed by atoms with E-state index < -0.39 is 41.9 Å². The van der Waals surface area contributed by atoms with Crippen molar-refractivity contribution in [2.45, 2.75) is 63.3 Å². The number of aromatic hydroxyl groups is 1. The number of unbranched alkanes of at least 4 members (excludes halogenated alkanes) is 1. The summed E-state index contributed by atoms with van der Waals surface area (Å²) < 4.78 is 5.35. The van der Waals surface area contributed by atoms with Crippen LogP contribution in [0.25, 0.3) is 0 Å². The fourth-order valence-corrected chi connectivity index (χ4v) is 4.81. The molecule has 49 heavy (non-hydrogen) atoms. The highest BCUT2D eigenvalue weighted by atomic mass is 16.5. The summed E-state index contributed by atoms with van der Waals surface area (Å²) in [5, 5.41) is 20.7. The fraction of sp³-hybridized carbons (Fsp3) is 0.343. The molecule has 14 nitrogen and oxygen atoms in total. The number of hydrogen-bond donors (Lipinski definition) is 8. The third-order valence-corrected chi connectivity index (χ3v) is 7.40. The van der Waals surface area contributed by atoms with Gasteiger partial charge in [-0.05, 0) is 74.0 Å². The number of nitrogens with zero attached hydrogens (tertiary/aromatic N) is 1. The van der Waals surface area contributed by atoms with Gasteiger partial charge in [-0.1, -0.05) is 60.7 Å². The van der Waals surface area contributed by atoms with E-state index in [2.05, 4.69) is 26.3 Å². The number of benzene rings is 3. The highest BCUT2D eigenvalue weighted by molar-refractivity contribution is 5.98. The summed E-state index contributed by atoms with van der Waals surface area (Å²) in [6.07, 6.45) is 1.14. The van der Waals surface area contributed by atoms with Gasteiger partial charge in [0, 0.05) is 18.7 Å². The normalized spacial score (nSPS) is 12.4. The molecule has 0 heterocycles. The molecule has 0 saturated heterocycles. The number of para-hydroxylation sites is 1. The van der Waals surface area contributed by atoms with Gasteiger partial charge in [-0.2, -0.15) is 0 Å². The van der Waals surface area contributed by atoms with Crippen molar-refractivity contribution < 1.29 is 29.0 Å². The second-order valence-electron chi connectivity index (χ2n) is 11.3. The minimum absolute atomic E-state index is 0.0139. The number of phenolic OH excluding ortho intramolecular Hbond substituents is 1. The van der Waals surface area contributed by atoms with Crippen LogP contribution in [0, 0.1) is 0 Å². The van der Waals surface area contributed by atoms with Crippen LogP contribution < -0.4 is 38.5 Å². The highest BCUT2D eigenvalue weighted by Crippen LogP contribution is 2.13. The van der Waals surface area contributed by atoms with Crippen molar-refractivity contribution in [2.75, 3.05) is 18.4 Å². The molecule has 0 aliphatic heterocycles. The van der Waals surface area contributed by atoms with Crippen molar-refractivity contribution >= 4 is 35.5 Å². The quantitative estimate of drug-likeness (QED) is 0.0527. The van der Waals surface area contributed by atoms with Gasteiger partial charge in [0.25, 0.3) is 0 Å². The Labute approximate surface area is 285 Å². The Morgan fingerprint density at radius 1 is 0.694 bits per heavy atom. The molecule has 0 bridgehead atoms. The topological polar surface area (TPSA) is 236 Å². The summed E-state index contributed by atoms with van der Waals surface area (Å²) in [6, 6.07) is 20.8. The summed E-state index contributed by atoms with van der Waals surface area (Å²) in [5.41, 5.74) is 18.5. The summed E-state index contributed by atoms with van der Waals surface area (Å²) in [5.74, 6) is -1.73. The minimum atomic E-state index is -1.14. The second kappa shape index (κ2) is 20.6. The Hall–Kier alpha value is -5.63. The molecule has 0 radical (unpaired) electrons. The van der Waals surface area contributed by atoms with Gasteiger partial charge in [0.2, 0.25) is 17.7 Å². The molecule has 0 saturated carbocycles. The maximum Gasteiger partial charge on any atom is 0.408 e. The van der Waals surface area contributed by atoms with Crippen molar-refractivity contribution in [3.63, 3.8) is 0 Å². The molecule has 3 aromatic carbocycles. The van der Waals surface area contributed by atoms with Gasteiger partial charge >= 0.3 is 6.09 Å². The molecule has 3 atom stereocenters. The summed E-state index contributed by atoms with van der Waals surface area (Å²) >= 11 is 0. The number of anilines is 1. The van der Waals surface area contributed by atoms with E-state index in [0.29, 0.717) is 37.1 Å². The predicted octanol–water partition coefficient (Wildman–Crippen LogP) is 2.02. The second-order valence-corrected chi connectivity index (χ2v) is 11.3. The smallest absolute Gasteiger partial charge is 0.408 e. The molecule has 262 valence electrons. The van der Waals surface area contributed by atoms with Crippen molar-refractivity contribution in [1.82, 2.24) is 16.0 Å². The van der Waals surface area contributed by atoms with Crippen molar-refractivity contribution in [3.8, 4) is 5.75 Å². The van der Waals surface area contributed by atoms with Crippen LogP contribution in [0.15, 0.2) is 89.9 Å². The Balaban J connectivity index is 1.77. The van der Waals surface area contributed by atoms with Crippen LogP contribution in [0.2, 0.25) is 0 Å². The first-order chi connectivity index (χ1) is 23.6. The van der Waals surface area contributed by atoms with Gasteiger partial charge < -0.3 is 48.3 Å². The predicted molar refractivity (Wildman–Crippen MR) is 187 cm³/mol. The summed E-state index contributed by atoms with van der Waals surface area (Å²) in [6.45, 7) is 0.613. The van der Waals surface area contributed by atoms with E-state index in [4.69, 9.17) is 21.9 Å². The average molecular weight is 675 g/mol. The van der Waals surface area contributed by atoms with E-state index in [1.54, 1.807) is 48.5 Å². The third-order valence-electron chi connectivity index (χ3n) is 7.40. The van der Waals surface area contributed by atoms with E-state index >= 15 is 0 Å². The van der Waals surface area contributed by atoms with Gasteiger partial charge in [0.1, 0.15) is 30.5 Å². The van der Waals surface area contributed by atoms with Crippen LogP contribution in [-0.2, 0) is 32.1 Å². The third kappa shape index (κ3) is 14.3. The Morgan fingerprint density at radius 2 is 1.29 bits per heavy atom. The number of phenols is 1. The number of guanidine groups is 1. The van der Waals surface area contributed by atoms with Gasteiger partial charge in [0.15, 0.2) is 5.96 Å². The lowest BCUT2D eigenvalue weighted by molar-refractivity contribution is -0.132. The fourth-order valence-electron chi connectivity index (χ4n) is 4.81. The monoisotopic (exact) mass is 674 g/mol. The van der Waals surface area contributed by atoms with Crippen LogP contribution in [0.5, 0.6) is 5.75 Å². The Bertz CT molecular complexity index is 1500. The van der Waals surface area contributed by atoms with Crippen LogP contribution in [0.3, 0.4) is 0 Å². The van der Waals surface area contributed by atoms with Crippen LogP contribution in [-0.4, -0.2) is 66.1 Å². The molecule has 0 aromatic heterocycles. The number of ether oxygens (including phenoxy) is 1. The summed E-state index contributed by atoms with van der Waals surface area (Å²) in [7, 11) is 0. The standard InChI is InChI=1S/C35H46N8O6/c36-20-8-7-14-28(32(46)41-29(15-9-21-39-34(37)38)31(45)40-26-12-5-2-6-13-26)42-33(47)30(22-24-16-18-27(44)19-17-24)43-35(48)49-23-25-10-3-1-4-11-25/h1-6,10-13,16-19,28-30,44H,7-9,14-15,20-23,36H2,(H,40,45)(H,41,46)(H,42,47)(H,43,48)(H4,37,38,39). The first kappa shape index (κ1) is 37.8. The highest BCUT2D eigenvalue weighted by Gasteiger charge is 2.30. The Kier molecular flexibility index (Phi) is 15.9. The largest absolute Gasteiger partial charge is 0.508 e. The zero-order valence-corrected chi connectivity index (χ0v) is 27.3. The van der Waals surface area contributed by atoms with Gasteiger partial charge in [-0.3, -0.25) is 19.4 Å². The van der Waals surface area contributed by atoms with Gasteiger partial charge in [0.05, 0.1) is 0 Å². The van der Waals surface area contributed by atoms with Crippen LogP contribution in [0.1, 0.15) is 43.2 Å². The molecule has 0 aliphatic carbocycles. The lowest BCUT2D eigenvalue weighted by Gasteiger charge is -2.25. The number of rotatable bonds is 19. The molecule has 3 aromatic rings. The van der Waals surface area contributed by atoms with E-state index in [1.807, 2.05) is 24.3 Å². The van der Waals surface area contributed by atoms with E-state index in [1.165, 1.54) is 12.1 Å². The molecule has 14 heteroatoms. The number of amides is 4. The number of hydrogen-bond acceptors (Lipinski definition) is 8. The first-order valence-electron chi connectivity index (χ1n) is 16.1. The molecule has 0 aliphatic rings. The number of aliphatic imine (C=N–C) groups is 1. The number of nitrogens with two attached hydrogens (primary N) is 3. The SMILES string of the molecule is NCCCCC(NC(=O)C(Cc1ccc(O)cc1)NC(=O)OCc1ccccc1)C(=O)NC(CCCN=C(N)N)C(=O)Nc1ccccc1. The number of nitrogens with one attached hydrogen (secondary N) is 4. The molecular weight excluding hydrogens is 628 g/mol. The molecular formula is C35H46N8O6. The number of carbonyl (C=O) groups excluding carboxylic acids is 4. The van der Waals surface area contributed by atoms with E-state index in [0.717, 1.165) is 5.56 Å². The zero-order valence-electron chi connectivity index (χ0n) is 27.3. The number of carbonyl (C=O) groups is 4. The van der Waals surface area contributed by atoms with E-state index in [-0.39, 0.29) is 44.1 Å². The van der Waals surface area contributed by atoms with Crippen molar-refractivity contribution in [3.05, 3.63) is 96.1 Å². The van der Waals surface area contributed by atoms with Crippen molar-refractivity contribution in [1.29, 1.82) is 0 Å². The maximum atomic E-state index is 13.8. The molecule has 0 fully saturated rings. The van der Waals surface area contributed by atoms with Crippen molar-refractivity contribution in [2.24, 2.45) is 22.2 Å². The molecule has 3 unspecified atom stereocenters. The lowest BCUT2D eigenvalue weighted by atomic mass is 10.0. The van der Waals surface area contributed by atoms with Crippen LogP contribution >= 0.6 is 0 Å².